The highest BCUT2D eigenvalue weighted by Crippen LogP contribution is 2.24. The highest BCUT2D eigenvalue weighted by atomic mass is 79.9. The summed E-state index contributed by atoms with van der Waals surface area (Å²) in [6.07, 6.45) is 0.681. The SMILES string of the molecule is CN(C=O)c1ccc(C(=O)c2cccc(F)c2Br)cc1. The minimum Gasteiger partial charge on any atom is -0.318 e. The average Bonchev–Trinajstić information content (AvgIpc) is 2.48. The van der Waals surface area contributed by atoms with Gasteiger partial charge < -0.3 is 4.90 Å². The van der Waals surface area contributed by atoms with Gasteiger partial charge in [-0.3, -0.25) is 9.59 Å². The number of benzene rings is 2. The second-order valence-corrected chi connectivity index (χ2v) is 4.99. The molecule has 0 radical (unpaired) electrons. The molecular formula is C15H11BrFNO2. The molecule has 1 amide bonds. The van der Waals surface area contributed by atoms with Crippen molar-refractivity contribution in [2.45, 2.75) is 0 Å². The molecule has 0 N–H and O–H groups in total. The third-order valence-corrected chi connectivity index (χ3v) is 3.70. The predicted molar refractivity (Wildman–Crippen MR) is 78.4 cm³/mol. The molecule has 0 heterocycles. The van der Waals surface area contributed by atoms with Gasteiger partial charge in [-0.05, 0) is 52.3 Å². The molecule has 2 rings (SSSR count). The van der Waals surface area contributed by atoms with Crippen LogP contribution in [0.4, 0.5) is 10.1 Å². The summed E-state index contributed by atoms with van der Waals surface area (Å²) in [5.74, 6) is -0.759. The van der Waals surface area contributed by atoms with E-state index in [1.807, 2.05) is 0 Å². The van der Waals surface area contributed by atoms with Crippen molar-refractivity contribution in [2.24, 2.45) is 0 Å². The first-order valence-corrected chi connectivity index (χ1v) is 6.61. The van der Waals surface area contributed by atoms with Crippen molar-refractivity contribution in [3.05, 3.63) is 63.9 Å². The van der Waals surface area contributed by atoms with Crippen LogP contribution in [0.5, 0.6) is 0 Å². The van der Waals surface area contributed by atoms with Crippen LogP contribution in [-0.4, -0.2) is 19.2 Å². The van der Waals surface area contributed by atoms with Gasteiger partial charge >= 0.3 is 0 Å². The summed E-state index contributed by atoms with van der Waals surface area (Å²) in [7, 11) is 1.62. The zero-order valence-electron chi connectivity index (χ0n) is 10.6. The van der Waals surface area contributed by atoms with Crippen molar-refractivity contribution in [1.29, 1.82) is 0 Å². The summed E-state index contributed by atoms with van der Waals surface area (Å²) in [6.45, 7) is 0. The van der Waals surface area contributed by atoms with E-state index < -0.39 is 5.82 Å². The number of ketones is 1. The molecular weight excluding hydrogens is 325 g/mol. The molecule has 0 saturated heterocycles. The van der Waals surface area contributed by atoms with Crippen LogP contribution in [0.1, 0.15) is 15.9 Å². The first kappa shape index (κ1) is 14.4. The highest BCUT2D eigenvalue weighted by Gasteiger charge is 2.15. The molecule has 0 aliphatic carbocycles. The van der Waals surface area contributed by atoms with E-state index in [4.69, 9.17) is 0 Å². The molecule has 0 atom stereocenters. The Hall–Kier alpha value is -2.01. The number of carbonyl (C=O) groups is 2. The second kappa shape index (κ2) is 5.96. The van der Waals surface area contributed by atoms with Gasteiger partial charge in [0.25, 0.3) is 0 Å². The smallest absolute Gasteiger partial charge is 0.213 e. The lowest BCUT2D eigenvalue weighted by Crippen LogP contribution is -2.13. The van der Waals surface area contributed by atoms with Gasteiger partial charge in [0.1, 0.15) is 5.82 Å². The van der Waals surface area contributed by atoms with Crippen molar-refractivity contribution >= 4 is 33.8 Å². The molecule has 102 valence electrons. The molecule has 0 saturated carbocycles. The van der Waals surface area contributed by atoms with Crippen LogP contribution in [0, 0.1) is 5.82 Å². The minimum atomic E-state index is -0.479. The van der Waals surface area contributed by atoms with E-state index in [1.165, 1.54) is 17.0 Å². The van der Waals surface area contributed by atoms with Gasteiger partial charge in [-0.2, -0.15) is 0 Å². The van der Waals surface area contributed by atoms with Crippen molar-refractivity contribution in [1.82, 2.24) is 0 Å². The number of nitrogens with zero attached hydrogens (tertiary/aromatic N) is 1. The Balaban J connectivity index is 2.34. The molecule has 0 spiro atoms. The fourth-order valence-electron chi connectivity index (χ4n) is 1.74. The van der Waals surface area contributed by atoms with Crippen LogP contribution in [0.15, 0.2) is 46.9 Å². The van der Waals surface area contributed by atoms with Gasteiger partial charge in [0.05, 0.1) is 4.47 Å². The first-order chi connectivity index (χ1) is 9.54. The Kier molecular flexibility index (Phi) is 4.29. The van der Waals surface area contributed by atoms with E-state index in [9.17, 15) is 14.0 Å². The Bertz CT molecular complexity index is 655. The standard InChI is InChI=1S/C15H11BrFNO2/c1-18(9-19)11-7-5-10(6-8-11)15(20)12-3-2-4-13(17)14(12)16/h2-9H,1H3. The Morgan fingerprint density at radius 3 is 2.45 bits per heavy atom. The summed E-state index contributed by atoms with van der Waals surface area (Å²) >= 11 is 3.08. The molecule has 2 aromatic carbocycles. The Morgan fingerprint density at radius 1 is 1.20 bits per heavy atom. The minimum absolute atomic E-state index is 0.152. The fourth-order valence-corrected chi connectivity index (χ4v) is 2.19. The van der Waals surface area contributed by atoms with Crippen molar-refractivity contribution in [2.75, 3.05) is 11.9 Å². The second-order valence-electron chi connectivity index (χ2n) is 4.19. The van der Waals surface area contributed by atoms with Crippen molar-refractivity contribution in [3.63, 3.8) is 0 Å². The average molecular weight is 336 g/mol. The number of halogens is 2. The van der Waals surface area contributed by atoms with Crippen molar-refractivity contribution < 1.29 is 14.0 Å². The number of hydrogen-bond acceptors (Lipinski definition) is 2. The molecule has 20 heavy (non-hydrogen) atoms. The maximum atomic E-state index is 13.4. The molecule has 0 aliphatic heterocycles. The number of anilines is 1. The van der Waals surface area contributed by atoms with E-state index in [0.29, 0.717) is 17.7 Å². The van der Waals surface area contributed by atoms with Gasteiger partial charge in [-0.1, -0.05) is 6.07 Å². The normalized spacial score (nSPS) is 10.2. The summed E-state index contributed by atoms with van der Waals surface area (Å²) in [5, 5.41) is 0. The molecule has 0 aromatic heterocycles. The van der Waals surface area contributed by atoms with Crippen LogP contribution in [-0.2, 0) is 4.79 Å². The lowest BCUT2D eigenvalue weighted by molar-refractivity contribution is -0.107. The lowest BCUT2D eigenvalue weighted by atomic mass is 10.0. The van der Waals surface area contributed by atoms with E-state index in [0.717, 1.165) is 0 Å². The first-order valence-electron chi connectivity index (χ1n) is 5.81. The van der Waals surface area contributed by atoms with E-state index in [1.54, 1.807) is 37.4 Å². The summed E-state index contributed by atoms with van der Waals surface area (Å²) in [4.78, 5) is 24.3. The van der Waals surface area contributed by atoms with E-state index in [2.05, 4.69) is 15.9 Å². The number of rotatable bonds is 4. The quantitative estimate of drug-likeness (QED) is 0.634. The molecule has 0 aliphatic rings. The Morgan fingerprint density at radius 2 is 1.85 bits per heavy atom. The molecule has 0 fully saturated rings. The summed E-state index contributed by atoms with van der Waals surface area (Å²) in [6, 6.07) is 10.9. The number of amides is 1. The third kappa shape index (κ3) is 2.77. The highest BCUT2D eigenvalue weighted by molar-refractivity contribution is 9.10. The van der Waals surface area contributed by atoms with Crippen LogP contribution >= 0.6 is 15.9 Å². The van der Waals surface area contributed by atoms with E-state index >= 15 is 0 Å². The fraction of sp³-hybridized carbons (Fsp3) is 0.0667. The van der Waals surface area contributed by atoms with Crippen LogP contribution in [0.2, 0.25) is 0 Å². The molecule has 0 unspecified atom stereocenters. The van der Waals surface area contributed by atoms with Gasteiger partial charge in [0.15, 0.2) is 5.78 Å². The maximum absolute atomic E-state index is 13.4. The van der Waals surface area contributed by atoms with Gasteiger partial charge in [-0.25, -0.2) is 4.39 Å². The number of hydrogen-bond donors (Lipinski definition) is 0. The Labute approximate surface area is 124 Å². The molecule has 0 bridgehead atoms. The third-order valence-electron chi connectivity index (χ3n) is 2.89. The zero-order valence-corrected chi connectivity index (χ0v) is 12.2. The largest absolute Gasteiger partial charge is 0.318 e. The predicted octanol–water partition coefficient (Wildman–Crippen LogP) is 3.41. The van der Waals surface area contributed by atoms with Crippen molar-refractivity contribution in [3.8, 4) is 0 Å². The summed E-state index contributed by atoms with van der Waals surface area (Å²) < 4.78 is 13.6. The van der Waals surface area contributed by atoms with Crippen LogP contribution < -0.4 is 4.90 Å². The van der Waals surface area contributed by atoms with Crippen LogP contribution in [0.25, 0.3) is 0 Å². The van der Waals surface area contributed by atoms with Gasteiger partial charge in [0.2, 0.25) is 6.41 Å². The number of carbonyl (C=O) groups excluding carboxylic acids is 2. The lowest BCUT2D eigenvalue weighted by Gasteiger charge is -2.11. The molecule has 5 heteroatoms. The van der Waals surface area contributed by atoms with Crippen LogP contribution in [0.3, 0.4) is 0 Å². The maximum Gasteiger partial charge on any atom is 0.213 e. The topological polar surface area (TPSA) is 37.4 Å². The van der Waals surface area contributed by atoms with Gasteiger partial charge in [-0.15, -0.1) is 0 Å². The zero-order chi connectivity index (χ0) is 14.7. The molecule has 2 aromatic rings. The van der Waals surface area contributed by atoms with Gasteiger partial charge in [0, 0.05) is 23.9 Å². The molecule has 3 nitrogen and oxygen atoms in total. The summed E-state index contributed by atoms with van der Waals surface area (Å²) in [5.41, 5.74) is 1.37. The van der Waals surface area contributed by atoms with E-state index in [-0.39, 0.29) is 15.8 Å². The monoisotopic (exact) mass is 335 g/mol.